The third-order valence-electron chi connectivity index (χ3n) is 2.87. The van der Waals surface area contributed by atoms with E-state index in [0.29, 0.717) is 11.5 Å². The van der Waals surface area contributed by atoms with Crippen molar-refractivity contribution in [1.82, 2.24) is 5.32 Å². The molecule has 108 valence electrons. The number of aliphatic carboxylic acids is 1. The molecular weight excluding hydrogens is 263 g/mol. The molecule has 0 bridgehead atoms. The summed E-state index contributed by atoms with van der Waals surface area (Å²) in [5.41, 5.74) is 0.726. The Morgan fingerprint density at radius 1 is 1.47 bits per heavy atom. The molecule has 0 saturated heterocycles. The van der Waals surface area contributed by atoms with E-state index in [-0.39, 0.29) is 0 Å². The van der Waals surface area contributed by atoms with E-state index < -0.39 is 30.7 Å². The van der Waals surface area contributed by atoms with Gasteiger partial charge in [0.25, 0.3) is 0 Å². The number of aryl methyl sites for hydroxylation is 2. The van der Waals surface area contributed by atoms with Crippen molar-refractivity contribution in [2.24, 2.45) is 5.92 Å². The number of hydrogen-bond acceptors (Lipinski definition) is 3. The molecular formula is C12H16F3NO3. The van der Waals surface area contributed by atoms with Gasteiger partial charge in [-0.2, -0.15) is 13.2 Å². The quantitative estimate of drug-likeness (QED) is 0.870. The van der Waals surface area contributed by atoms with Crippen molar-refractivity contribution in [3.05, 3.63) is 23.2 Å². The standard InChI is InChI=1S/C12H16F3NO3/c1-6-4-9(8(3)19-6)7(2)16-5-10(11(17)18)12(13,14)15/h4,7,10,16H,5H2,1-3H3,(H,17,18). The number of furan rings is 1. The zero-order valence-corrected chi connectivity index (χ0v) is 10.8. The van der Waals surface area contributed by atoms with Crippen molar-refractivity contribution >= 4 is 5.97 Å². The normalized spacial score (nSPS) is 15.3. The van der Waals surface area contributed by atoms with Crippen LogP contribution in [0.3, 0.4) is 0 Å². The fraction of sp³-hybridized carbons (Fsp3) is 0.583. The maximum atomic E-state index is 12.5. The van der Waals surface area contributed by atoms with E-state index in [4.69, 9.17) is 9.52 Å². The average Bonchev–Trinajstić information content (AvgIpc) is 2.55. The van der Waals surface area contributed by atoms with Crippen LogP contribution in [0, 0.1) is 19.8 Å². The zero-order valence-electron chi connectivity index (χ0n) is 10.8. The summed E-state index contributed by atoms with van der Waals surface area (Å²) < 4.78 is 42.7. The van der Waals surface area contributed by atoms with E-state index in [9.17, 15) is 18.0 Å². The summed E-state index contributed by atoms with van der Waals surface area (Å²) in [5, 5.41) is 11.2. The molecule has 1 heterocycles. The molecule has 1 aromatic rings. The summed E-state index contributed by atoms with van der Waals surface area (Å²) in [4.78, 5) is 10.6. The molecule has 1 rings (SSSR count). The lowest BCUT2D eigenvalue weighted by Crippen LogP contribution is -2.39. The molecule has 4 nitrogen and oxygen atoms in total. The van der Waals surface area contributed by atoms with Crippen LogP contribution in [0.4, 0.5) is 13.2 Å². The van der Waals surface area contributed by atoms with Gasteiger partial charge in [-0.3, -0.25) is 4.79 Å². The Bertz CT molecular complexity index is 454. The first-order valence-corrected chi connectivity index (χ1v) is 5.72. The van der Waals surface area contributed by atoms with Gasteiger partial charge in [0.15, 0.2) is 5.92 Å². The molecule has 1 aromatic heterocycles. The molecule has 19 heavy (non-hydrogen) atoms. The lowest BCUT2D eigenvalue weighted by Gasteiger charge is -2.19. The third kappa shape index (κ3) is 3.99. The smallest absolute Gasteiger partial charge is 0.403 e. The first-order valence-electron chi connectivity index (χ1n) is 5.72. The van der Waals surface area contributed by atoms with Gasteiger partial charge in [0.05, 0.1) is 0 Å². The highest BCUT2D eigenvalue weighted by Gasteiger charge is 2.44. The number of nitrogens with one attached hydrogen (secondary N) is 1. The number of carboxylic acid groups (broad SMARTS) is 1. The molecule has 0 aliphatic rings. The molecule has 0 spiro atoms. The van der Waals surface area contributed by atoms with Crippen molar-refractivity contribution in [2.45, 2.75) is 33.0 Å². The minimum Gasteiger partial charge on any atom is -0.481 e. The fourth-order valence-electron chi connectivity index (χ4n) is 1.83. The Morgan fingerprint density at radius 3 is 2.42 bits per heavy atom. The highest BCUT2D eigenvalue weighted by molar-refractivity contribution is 5.71. The van der Waals surface area contributed by atoms with Crippen molar-refractivity contribution in [3.63, 3.8) is 0 Å². The number of carbonyl (C=O) groups is 1. The van der Waals surface area contributed by atoms with E-state index in [1.807, 2.05) is 0 Å². The van der Waals surface area contributed by atoms with Crippen LogP contribution in [0.25, 0.3) is 0 Å². The largest absolute Gasteiger partial charge is 0.481 e. The number of rotatable bonds is 5. The molecule has 2 N–H and O–H groups in total. The van der Waals surface area contributed by atoms with Gasteiger partial charge in [-0.1, -0.05) is 0 Å². The van der Waals surface area contributed by atoms with Crippen LogP contribution in [0.1, 0.15) is 30.0 Å². The van der Waals surface area contributed by atoms with Gasteiger partial charge in [-0.15, -0.1) is 0 Å². The maximum Gasteiger partial charge on any atom is 0.403 e. The van der Waals surface area contributed by atoms with Gasteiger partial charge in [-0.05, 0) is 26.8 Å². The Morgan fingerprint density at radius 2 is 2.05 bits per heavy atom. The summed E-state index contributed by atoms with van der Waals surface area (Å²) in [6.07, 6.45) is -4.76. The number of carboxylic acids is 1. The summed E-state index contributed by atoms with van der Waals surface area (Å²) in [6, 6.07) is 1.30. The van der Waals surface area contributed by atoms with Crippen LogP contribution < -0.4 is 5.32 Å². The monoisotopic (exact) mass is 279 g/mol. The first kappa shape index (κ1) is 15.6. The van der Waals surface area contributed by atoms with Crippen LogP contribution >= 0.6 is 0 Å². The molecule has 7 heteroatoms. The minimum atomic E-state index is -4.76. The Labute approximate surface area is 108 Å². The van der Waals surface area contributed by atoms with Crippen molar-refractivity contribution in [1.29, 1.82) is 0 Å². The minimum absolute atomic E-state index is 0.415. The summed E-state index contributed by atoms with van der Waals surface area (Å²) in [7, 11) is 0. The van der Waals surface area contributed by atoms with Gasteiger partial charge in [-0.25, -0.2) is 0 Å². The maximum absolute atomic E-state index is 12.5. The molecule has 0 saturated carbocycles. The summed E-state index contributed by atoms with van der Waals surface area (Å²) in [6.45, 7) is 4.42. The van der Waals surface area contributed by atoms with Crippen molar-refractivity contribution in [3.8, 4) is 0 Å². The van der Waals surface area contributed by atoms with E-state index in [1.54, 1.807) is 26.8 Å². The molecule has 0 aromatic carbocycles. The average molecular weight is 279 g/mol. The Balaban J connectivity index is 2.70. The van der Waals surface area contributed by atoms with Crippen molar-refractivity contribution < 1.29 is 27.5 Å². The van der Waals surface area contributed by atoms with Gasteiger partial charge < -0.3 is 14.8 Å². The van der Waals surface area contributed by atoms with E-state index in [0.717, 1.165) is 5.56 Å². The second-order valence-corrected chi connectivity index (χ2v) is 4.43. The zero-order chi connectivity index (χ0) is 14.8. The van der Waals surface area contributed by atoms with Gasteiger partial charge >= 0.3 is 12.1 Å². The molecule has 0 amide bonds. The number of hydrogen-bond donors (Lipinski definition) is 2. The highest BCUT2D eigenvalue weighted by Crippen LogP contribution is 2.27. The predicted molar refractivity (Wildman–Crippen MR) is 61.8 cm³/mol. The number of halogens is 3. The van der Waals surface area contributed by atoms with Crippen LogP contribution in [0.5, 0.6) is 0 Å². The fourth-order valence-corrected chi connectivity index (χ4v) is 1.83. The van der Waals surface area contributed by atoms with Gasteiger partial charge in [0.2, 0.25) is 0 Å². The first-order chi connectivity index (χ1) is 8.62. The molecule has 0 aliphatic carbocycles. The molecule has 2 atom stereocenters. The van der Waals surface area contributed by atoms with Gasteiger partial charge in [0.1, 0.15) is 11.5 Å². The Kier molecular flexibility index (Phi) is 4.62. The molecule has 2 unspecified atom stereocenters. The third-order valence-corrected chi connectivity index (χ3v) is 2.87. The van der Waals surface area contributed by atoms with E-state index in [1.165, 1.54) is 0 Å². The number of alkyl halides is 3. The summed E-state index contributed by atoms with van der Waals surface area (Å²) >= 11 is 0. The van der Waals surface area contributed by atoms with Crippen molar-refractivity contribution in [2.75, 3.05) is 6.54 Å². The second-order valence-electron chi connectivity index (χ2n) is 4.43. The van der Waals surface area contributed by atoms with Crippen LogP contribution in [0.2, 0.25) is 0 Å². The molecule has 0 aliphatic heterocycles. The lowest BCUT2D eigenvalue weighted by atomic mass is 10.1. The second kappa shape index (κ2) is 5.64. The van der Waals surface area contributed by atoms with Gasteiger partial charge in [0, 0.05) is 18.2 Å². The van der Waals surface area contributed by atoms with E-state index in [2.05, 4.69) is 5.32 Å². The molecule has 0 radical (unpaired) electrons. The van der Waals surface area contributed by atoms with E-state index >= 15 is 0 Å². The topological polar surface area (TPSA) is 62.5 Å². The SMILES string of the molecule is Cc1cc(C(C)NCC(C(=O)O)C(F)(F)F)c(C)o1. The van der Waals surface area contributed by atoms with Crippen LogP contribution in [0.15, 0.2) is 10.5 Å². The predicted octanol–water partition coefficient (Wildman–Crippen LogP) is 2.81. The summed E-state index contributed by atoms with van der Waals surface area (Å²) in [5.74, 6) is -3.03. The highest BCUT2D eigenvalue weighted by atomic mass is 19.4. The molecule has 0 fully saturated rings. The van der Waals surface area contributed by atoms with Crippen LogP contribution in [-0.4, -0.2) is 23.8 Å². The van der Waals surface area contributed by atoms with Crippen LogP contribution in [-0.2, 0) is 4.79 Å². The lowest BCUT2D eigenvalue weighted by molar-refractivity contribution is -0.192. The Hall–Kier alpha value is -1.50.